The second-order valence-corrected chi connectivity index (χ2v) is 6.22. The summed E-state index contributed by atoms with van der Waals surface area (Å²) < 4.78 is 5.43. The molecule has 0 spiro atoms. The summed E-state index contributed by atoms with van der Waals surface area (Å²) in [6.07, 6.45) is 5.04. The van der Waals surface area contributed by atoms with Crippen LogP contribution in [0.5, 0.6) is 0 Å². The summed E-state index contributed by atoms with van der Waals surface area (Å²) in [7, 11) is 4.32. The van der Waals surface area contributed by atoms with Crippen molar-refractivity contribution < 1.29 is 9.84 Å². The first kappa shape index (κ1) is 16.9. The van der Waals surface area contributed by atoms with Crippen LogP contribution in [0.3, 0.4) is 0 Å². The first-order chi connectivity index (χ1) is 8.99. The van der Waals surface area contributed by atoms with Gasteiger partial charge in [-0.15, -0.1) is 0 Å². The van der Waals surface area contributed by atoms with Crippen LogP contribution < -0.4 is 0 Å². The molecule has 1 aliphatic rings. The molecule has 0 aromatic carbocycles. The van der Waals surface area contributed by atoms with Gasteiger partial charge in [0.2, 0.25) is 0 Å². The number of piperidine rings is 1. The Morgan fingerprint density at radius 3 is 2.74 bits per heavy atom. The monoisotopic (exact) mass is 272 g/mol. The molecule has 4 heteroatoms. The Kier molecular flexibility index (Phi) is 7.91. The minimum Gasteiger partial charge on any atom is -0.389 e. The third-order valence-electron chi connectivity index (χ3n) is 3.91. The van der Waals surface area contributed by atoms with E-state index in [1.165, 1.54) is 32.2 Å². The Morgan fingerprint density at radius 1 is 1.37 bits per heavy atom. The molecule has 0 radical (unpaired) electrons. The van der Waals surface area contributed by atoms with Crippen molar-refractivity contribution in [3.05, 3.63) is 0 Å². The summed E-state index contributed by atoms with van der Waals surface area (Å²) >= 11 is 0. The summed E-state index contributed by atoms with van der Waals surface area (Å²) in [5, 5.41) is 9.88. The van der Waals surface area contributed by atoms with E-state index in [-0.39, 0.29) is 12.2 Å². The third-order valence-corrected chi connectivity index (χ3v) is 3.91. The summed E-state index contributed by atoms with van der Waals surface area (Å²) in [5.41, 5.74) is 0. The maximum Gasteiger partial charge on any atom is 0.0900 e. The van der Waals surface area contributed by atoms with Gasteiger partial charge in [-0.05, 0) is 60.3 Å². The molecule has 0 aromatic rings. The molecule has 0 amide bonds. The predicted molar refractivity (Wildman–Crippen MR) is 79.5 cm³/mol. The van der Waals surface area contributed by atoms with Crippen molar-refractivity contribution >= 4 is 0 Å². The molecule has 1 rings (SSSR count). The minimum atomic E-state index is -0.378. The third kappa shape index (κ3) is 7.25. The number of likely N-dealkylation sites (tertiary alicyclic amines) is 1. The van der Waals surface area contributed by atoms with E-state index in [9.17, 15) is 5.11 Å². The normalized spacial score (nSPS) is 23.2. The molecular weight excluding hydrogens is 240 g/mol. The fourth-order valence-corrected chi connectivity index (χ4v) is 2.69. The van der Waals surface area contributed by atoms with Crippen LogP contribution in [0, 0.1) is 0 Å². The number of nitrogens with zero attached hydrogens (tertiary/aromatic N) is 2. The molecule has 2 unspecified atom stereocenters. The zero-order valence-electron chi connectivity index (χ0n) is 13.1. The van der Waals surface area contributed by atoms with Crippen LogP contribution in [0.25, 0.3) is 0 Å². The van der Waals surface area contributed by atoms with Crippen molar-refractivity contribution in [2.75, 3.05) is 40.3 Å². The molecule has 2 atom stereocenters. The highest BCUT2D eigenvalue weighted by molar-refractivity contribution is 4.75. The van der Waals surface area contributed by atoms with E-state index in [2.05, 4.69) is 23.9 Å². The molecule has 0 aromatic heterocycles. The summed E-state index contributed by atoms with van der Waals surface area (Å²) in [5.74, 6) is 0. The van der Waals surface area contributed by atoms with Crippen molar-refractivity contribution in [1.82, 2.24) is 9.80 Å². The van der Waals surface area contributed by atoms with E-state index in [1.807, 2.05) is 13.8 Å². The summed E-state index contributed by atoms with van der Waals surface area (Å²) in [4.78, 5) is 4.70. The van der Waals surface area contributed by atoms with Gasteiger partial charge >= 0.3 is 0 Å². The lowest BCUT2D eigenvalue weighted by molar-refractivity contribution is -0.00639. The lowest BCUT2D eigenvalue weighted by atomic mass is 10.00. The quantitative estimate of drug-likeness (QED) is 0.728. The Balaban J connectivity index is 2.14. The number of ether oxygens (including phenoxy) is 1. The summed E-state index contributed by atoms with van der Waals surface area (Å²) in [6, 6.07) is 0.722. The predicted octanol–water partition coefficient (Wildman–Crippen LogP) is 1.58. The standard InChI is InChI=1S/C15H32N2O2/c1-13(2)19-12-15(18)11-16(3)10-8-14-7-5-6-9-17(14)4/h13-15,18H,5-12H2,1-4H3. The topological polar surface area (TPSA) is 35.9 Å². The van der Waals surface area contributed by atoms with Crippen molar-refractivity contribution in [1.29, 1.82) is 0 Å². The second kappa shape index (κ2) is 8.90. The minimum absolute atomic E-state index is 0.191. The van der Waals surface area contributed by atoms with Crippen molar-refractivity contribution in [3.63, 3.8) is 0 Å². The van der Waals surface area contributed by atoms with E-state index >= 15 is 0 Å². The summed E-state index contributed by atoms with van der Waals surface area (Å²) in [6.45, 7) is 7.41. The van der Waals surface area contributed by atoms with Crippen LogP contribution in [-0.2, 0) is 4.74 Å². The molecular formula is C15H32N2O2. The van der Waals surface area contributed by atoms with Gasteiger partial charge in [-0.2, -0.15) is 0 Å². The lowest BCUT2D eigenvalue weighted by Gasteiger charge is -2.33. The Morgan fingerprint density at radius 2 is 2.11 bits per heavy atom. The molecule has 0 aliphatic carbocycles. The van der Waals surface area contributed by atoms with Gasteiger partial charge in [0.1, 0.15) is 0 Å². The van der Waals surface area contributed by atoms with E-state index < -0.39 is 0 Å². The van der Waals surface area contributed by atoms with Crippen LogP contribution in [-0.4, -0.2) is 73.5 Å². The SMILES string of the molecule is CC(C)OCC(O)CN(C)CCC1CCCCN1C. The molecule has 1 heterocycles. The van der Waals surface area contributed by atoms with E-state index in [0.717, 1.165) is 12.6 Å². The van der Waals surface area contributed by atoms with Gasteiger partial charge in [-0.3, -0.25) is 0 Å². The van der Waals surface area contributed by atoms with Gasteiger partial charge < -0.3 is 19.6 Å². The van der Waals surface area contributed by atoms with Gasteiger partial charge in [0.05, 0.1) is 18.8 Å². The first-order valence-corrected chi connectivity index (χ1v) is 7.67. The molecule has 4 nitrogen and oxygen atoms in total. The van der Waals surface area contributed by atoms with E-state index in [0.29, 0.717) is 13.2 Å². The average Bonchev–Trinajstić information content (AvgIpc) is 2.35. The lowest BCUT2D eigenvalue weighted by Crippen LogP contribution is -2.40. The number of aliphatic hydroxyl groups excluding tert-OH is 1. The van der Waals surface area contributed by atoms with Gasteiger partial charge in [0, 0.05) is 12.6 Å². The van der Waals surface area contributed by atoms with Crippen molar-refractivity contribution in [3.8, 4) is 0 Å². The number of aliphatic hydroxyl groups is 1. The number of hydrogen-bond acceptors (Lipinski definition) is 4. The molecule has 114 valence electrons. The highest BCUT2D eigenvalue weighted by atomic mass is 16.5. The van der Waals surface area contributed by atoms with Crippen LogP contribution in [0.1, 0.15) is 39.5 Å². The Hall–Kier alpha value is -0.160. The second-order valence-electron chi connectivity index (χ2n) is 6.22. The fraction of sp³-hybridized carbons (Fsp3) is 1.00. The largest absolute Gasteiger partial charge is 0.389 e. The zero-order chi connectivity index (χ0) is 14.3. The van der Waals surface area contributed by atoms with Crippen LogP contribution >= 0.6 is 0 Å². The molecule has 0 saturated carbocycles. The maximum atomic E-state index is 9.88. The average molecular weight is 272 g/mol. The van der Waals surface area contributed by atoms with Crippen molar-refractivity contribution in [2.45, 2.75) is 57.8 Å². The van der Waals surface area contributed by atoms with Gasteiger partial charge in [0.25, 0.3) is 0 Å². The number of rotatable bonds is 8. The van der Waals surface area contributed by atoms with Crippen LogP contribution in [0.2, 0.25) is 0 Å². The molecule has 1 fully saturated rings. The van der Waals surface area contributed by atoms with E-state index in [4.69, 9.17) is 4.74 Å². The molecule has 19 heavy (non-hydrogen) atoms. The Bertz CT molecular complexity index is 236. The van der Waals surface area contributed by atoms with Gasteiger partial charge in [-0.25, -0.2) is 0 Å². The maximum absolute atomic E-state index is 9.88. The molecule has 1 aliphatic heterocycles. The van der Waals surface area contributed by atoms with Crippen molar-refractivity contribution in [2.24, 2.45) is 0 Å². The molecule has 0 bridgehead atoms. The zero-order valence-corrected chi connectivity index (χ0v) is 13.1. The van der Waals surface area contributed by atoms with Gasteiger partial charge in [0.15, 0.2) is 0 Å². The van der Waals surface area contributed by atoms with Gasteiger partial charge in [-0.1, -0.05) is 6.42 Å². The highest BCUT2D eigenvalue weighted by Crippen LogP contribution is 2.17. The van der Waals surface area contributed by atoms with Crippen LogP contribution in [0.4, 0.5) is 0 Å². The smallest absolute Gasteiger partial charge is 0.0900 e. The Labute approximate surface area is 118 Å². The molecule has 1 saturated heterocycles. The number of hydrogen-bond donors (Lipinski definition) is 1. The van der Waals surface area contributed by atoms with Crippen LogP contribution in [0.15, 0.2) is 0 Å². The first-order valence-electron chi connectivity index (χ1n) is 7.67. The highest BCUT2D eigenvalue weighted by Gasteiger charge is 2.19. The molecule has 1 N–H and O–H groups in total. The fourth-order valence-electron chi connectivity index (χ4n) is 2.69. The number of likely N-dealkylation sites (N-methyl/N-ethyl adjacent to an activating group) is 1. The van der Waals surface area contributed by atoms with E-state index in [1.54, 1.807) is 0 Å².